The Hall–Kier alpha value is -1.99. The first-order chi connectivity index (χ1) is 13.8. The predicted octanol–water partition coefficient (Wildman–Crippen LogP) is -0.0268. The molecule has 3 N–H and O–H groups in total. The Morgan fingerprint density at radius 2 is 1.45 bits per heavy atom. The van der Waals surface area contributed by atoms with Gasteiger partial charge in [-0.15, -0.1) is 0 Å². The minimum absolute atomic E-state index is 0.0640. The number of anilines is 1. The van der Waals surface area contributed by atoms with Crippen LogP contribution in [0.4, 0.5) is 10.1 Å². The molecule has 6 nitrogen and oxygen atoms in total. The number of rotatable bonds is 9. The van der Waals surface area contributed by atoms with Crippen molar-refractivity contribution in [3.8, 4) is 0 Å². The van der Waals surface area contributed by atoms with E-state index in [0.29, 0.717) is 18.8 Å². The fourth-order valence-electron chi connectivity index (χ4n) is 3.90. The molecule has 1 aromatic rings. The molecule has 0 radical (unpaired) electrons. The highest BCUT2D eigenvalue weighted by atomic mass is 19.1. The van der Waals surface area contributed by atoms with Crippen molar-refractivity contribution in [1.82, 2.24) is 4.90 Å². The maximum absolute atomic E-state index is 13.0. The van der Waals surface area contributed by atoms with Gasteiger partial charge in [0.25, 0.3) is 11.8 Å². The highest BCUT2D eigenvalue weighted by Crippen LogP contribution is 2.11. The molecule has 1 aliphatic heterocycles. The second kappa shape index (κ2) is 11.3. The van der Waals surface area contributed by atoms with Gasteiger partial charge in [0.15, 0.2) is 13.1 Å². The maximum Gasteiger partial charge on any atom is 0.279 e. The van der Waals surface area contributed by atoms with E-state index in [1.807, 2.05) is 0 Å². The molecule has 0 saturated carbocycles. The quantitative estimate of drug-likeness (QED) is 0.538. The SMILES string of the molecule is CC[C@@H](C)N(C(=O)C[NH+]1CC[NH+](CC(=O)Nc2ccc(F)cc2)CC1)[C@@H](C)CC. The number of piperazine rings is 1. The number of amides is 2. The van der Waals surface area contributed by atoms with Crippen LogP contribution >= 0.6 is 0 Å². The predicted molar refractivity (Wildman–Crippen MR) is 113 cm³/mol. The van der Waals surface area contributed by atoms with Crippen LogP contribution in [-0.4, -0.2) is 68.1 Å². The summed E-state index contributed by atoms with van der Waals surface area (Å²) in [6.45, 7) is 12.9. The lowest BCUT2D eigenvalue weighted by Gasteiger charge is -2.36. The third-order valence-corrected chi connectivity index (χ3v) is 6.02. The van der Waals surface area contributed by atoms with E-state index in [9.17, 15) is 14.0 Å². The van der Waals surface area contributed by atoms with Crippen LogP contribution in [0.5, 0.6) is 0 Å². The molecule has 2 amide bonds. The van der Waals surface area contributed by atoms with E-state index >= 15 is 0 Å². The number of carbonyl (C=O) groups excluding carboxylic acids is 2. The molecule has 7 heteroatoms. The molecule has 0 bridgehead atoms. The third kappa shape index (κ3) is 7.08. The van der Waals surface area contributed by atoms with Crippen LogP contribution in [0.25, 0.3) is 0 Å². The first-order valence-corrected chi connectivity index (χ1v) is 10.9. The molecule has 2 rings (SSSR count). The lowest BCUT2D eigenvalue weighted by molar-refractivity contribution is -1.00. The molecule has 1 aliphatic rings. The van der Waals surface area contributed by atoms with Crippen LogP contribution in [0.2, 0.25) is 0 Å². The lowest BCUT2D eigenvalue weighted by Crippen LogP contribution is -3.28. The summed E-state index contributed by atoms with van der Waals surface area (Å²) in [6.07, 6.45) is 1.93. The van der Waals surface area contributed by atoms with Crippen molar-refractivity contribution >= 4 is 17.5 Å². The summed E-state index contributed by atoms with van der Waals surface area (Å²) in [4.78, 5) is 29.7. The van der Waals surface area contributed by atoms with Gasteiger partial charge in [-0.3, -0.25) is 9.59 Å². The van der Waals surface area contributed by atoms with Gasteiger partial charge < -0.3 is 20.0 Å². The topological polar surface area (TPSA) is 58.3 Å². The van der Waals surface area contributed by atoms with Gasteiger partial charge >= 0.3 is 0 Å². The molecule has 1 heterocycles. The minimum Gasteiger partial charge on any atom is -0.332 e. The number of quaternary nitrogens is 2. The average Bonchev–Trinajstić information content (AvgIpc) is 2.71. The summed E-state index contributed by atoms with van der Waals surface area (Å²) in [6, 6.07) is 6.33. The normalized spacial score (nSPS) is 21.3. The van der Waals surface area contributed by atoms with Gasteiger partial charge in [0.2, 0.25) is 0 Å². The van der Waals surface area contributed by atoms with Crippen molar-refractivity contribution in [2.45, 2.75) is 52.6 Å². The number of halogens is 1. The summed E-state index contributed by atoms with van der Waals surface area (Å²) < 4.78 is 13.0. The molecule has 0 spiro atoms. The van der Waals surface area contributed by atoms with E-state index < -0.39 is 0 Å². The largest absolute Gasteiger partial charge is 0.332 e. The number of nitrogens with zero attached hydrogens (tertiary/aromatic N) is 1. The van der Waals surface area contributed by atoms with Crippen molar-refractivity contribution in [3.63, 3.8) is 0 Å². The monoisotopic (exact) mass is 408 g/mol. The van der Waals surface area contributed by atoms with Gasteiger partial charge in [0.05, 0.1) is 0 Å². The summed E-state index contributed by atoms with van der Waals surface area (Å²) in [7, 11) is 0. The highest BCUT2D eigenvalue weighted by molar-refractivity contribution is 5.91. The molecule has 1 aromatic carbocycles. The molecule has 162 valence electrons. The second-order valence-corrected chi connectivity index (χ2v) is 8.22. The summed E-state index contributed by atoms with van der Waals surface area (Å²) >= 11 is 0. The Kier molecular flexibility index (Phi) is 9.04. The van der Waals surface area contributed by atoms with Crippen LogP contribution in [0, 0.1) is 5.82 Å². The van der Waals surface area contributed by atoms with Crippen LogP contribution in [-0.2, 0) is 9.59 Å². The summed E-state index contributed by atoms with van der Waals surface area (Å²) in [5.74, 6) is -0.144. The fourth-order valence-corrected chi connectivity index (χ4v) is 3.90. The van der Waals surface area contributed by atoms with Crippen LogP contribution in [0.1, 0.15) is 40.5 Å². The molecule has 0 unspecified atom stereocenters. The average molecular weight is 409 g/mol. The number of benzene rings is 1. The molecule has 1 fully saturated rings. The van der Waals surface area contributed by atoms with Crippen molar-refractivity contribution in [2.24, 2.45) is 0 Å². The zero-order chi connectivity index (χ0) is 21.4. The molecule has 2 atom stereocenters. The maximum atomic E-state index is 13.0. The minimum atomic E-state index is -0.317. The van der Waals surface area contributed by atoms with Crippen LogP contribution in [0.3, 0.4) is 0 Å². The smallest absolute Gasteiger partial charge is 0.279 e. The van der Waals surface area contributed by atoms with Crippen molar-refractivity contribution in [3.05, 3.63) is 30.1 Å². The van der Waals surface area contributed by atoms with E-state index in [0.717, 1.165) is 39.0 Å². The van der Waals surface area contributed by atoms with Gasteiger partial charge in [-0.05, 0) is 51.0 Å². The third-order valence-electron chi connectivity index (χ3n) is 6.02. The van der Waals surface area contributed by atoms with Crippen molar-refractivity contribution in [1.29, 1.82) is 0 Å². The van der Waals surface area contributed by atoms with Crippen molar-refractivity contribution in [2.75, 3.05) is 44.6 Å². The molecular formula is C22H37FN4O2+2. The van der Waals surface area contributed by atoms with Gasteiger partial charge in [0, 0.05) is 17.8 Å². The second-order valence-electron chi connectivity index (χ2n) is 8.22. The van der Waals surface area contributed by atoms with Gasteiger partial charge in [-0.1, -0.05) is 13.8 Å². The Balaban J connectivity index is 1.78. The van der Waals surface area contributed by atoms with Crippen LogP contribution < -0.4 is 15.1 Å². The van der Waals surface area contributed by atoms with Crippen molar-refractivity contribution < 1.29 is 23.8 Å². The number of carbonyl (C=O) groups is 2. The Morgan fingerprint density at radius 3 is 1.93 bits per heavy atom. The Labute approximate surface area is 174 Å². The number of hydrogen-bond acceptors (Lipinski definition) is 2. The van der Waals surface area contributed by atoms with Gasteiger partial charge in [0.1, 0.15) is 32.0 Å². The lowest BCUT2D eigenvalue weighted by atomic mass is 10.1. The summed E-state index contributed by atoms with van der Waals surface area (Å²) in [5, 5.41) is 2.82. The van der Waals surface area contributed by atoms with Gasteiger partial charge in [-0.2, -0.15) is 0 Å². The first kappa shape index (κ1) is 23.3. The highest BCUT2D eigenvalue weighted by Gasteiger charge is 2.30. The molecule has 29 heavy (non-hydrogen) atoms. The standard InChI is InChI=1S/C22H35FN4O2/c1-5-17(3)27(18(4)6-2)22(29)16-26-13-11-25(12-14-26)15-21(28)24-20-9-7-19(23)8-10-20/h7-10,17-18H,5-6,11-16H2,1-4H3,(H,24,28)/p+2/t17-,18+. The van der Waals surface area contributed by atoms with E-state index in [4.69, 9.17) is 0 Å². The number of hydrogen-bond donors (Lipinski definition) is 3. The Bertz CT molecular complexity index is 649. The van der Waals surface area contributed by atoms with E-state index in [1.165, 1.54) is 21.9 Å². The van der Waals surface area contributed by atoms with Crippen LogP contribution in [0.15, 0.2) is 24.3 Å². The van der Waals surface area contributed by atoms with Gasteiger partial charge in [-0.25, -0.2) is 4.39 Å². The number of nitrogens with one attached hydrogen (secondary N) is 3. The molecule has 0 aliphatic carbocycles. The van der Waals surface area contributed by atoms with E-state index in [-0.39, 0.29) is 29.7 Å². The van der Waals surface area contributed by atoms with E-state index in [1.54, 1.807) is 12.1 Å². The molecule has 0 aromatic heterocycles. The molecular weight excluding hydrogens is 371 g/mol. The summed E-state index contributed by atoms with van der Waals surface area (Å²) in [5.41, 5.74) is 0.612. The first-order valence-electron chi connectivity index (χ1n) is 10.9. The molecule has 1 saturated heterocycles. The van der Waals surface area contributed by atoms with E-state index in [2.05, 4.69) is 37.9 Å². The fraction of sp³-hybridized carbons (Fsp3) is 0.636. The zero-order valence-electron chi connectivity index (χ0n) is 18.3. The Morgan fingerprint density at radius 1 is 0.966 bits per heavy atom. The zero-order valence-corrected chi connectivity index (χ0v) is 18.3.